The maximum absolute atomic E-state index is 13.0. The Hall–Kier alpha value is -1.73. The molecule has 0 amide bonds. The van der Waals surface area contributed by atoms with E-state index in [0.717, 1.165) is 18.2 Å². The number of nitrogens with one attached hydrogen (secondary N) is 1. The molecule has 2 aromatic rings. The maximum Gasteiger partial charge on any atom is 0.264 e. The van der Waals surface area contributed by atoms with Gasteiger partial charge in [-0.25, -0.2) is 27.5 Å². The average molecular weight is 302 g/mol. The van der Waals surface area contributed by atoms with E-state index in [0.29, 0.717) is 5.69 Å². The highest BCUT2D eigenvalue weighted by atomic mass is 35.5. The van der Waals surface area contributed by atoms with E-state index in [1.165, 1.54) is 6.20 Å². The number of anilines is 1. The van der Waals surface area contributed by atoms with Crippen molar-refractivity contribution < 1.29 is 12.8 Å². The third kappa shape index (κ3) is 3.18. The van der Waals surface area contributed by atoms with Gasteiger partial charge in [0.1, 0.15) is 5.82 Å². The topological polar surface area (TPSA) is 72.0 Å². The predicted molar refractivity (Wildman–Crippen MR) is 69.0 cm³/mol. The highest BCUT2D eigenvalue weighted by Crippen LogP contribution is 2.20. The predicted octanol–water partition coefficient (Wildman–Crippen LogP) is 2.38. The van der Waals surface area contributed by atoms with Crippen LogP contribution in [0.3, 0.4) is 0 Å². The number of aromatic nitrogens is 2. The Labute approximate surface area is 114 Å². The molecule has 5 nitrogen and oxygen atoms in total. The molecule has 1 heterocycles. The molecule has 8 heteroatoms. The third-order valence-electron chi connectivity index (χ3n) is 2.22. The van der Waals surface area contributed by atoms with E-state index < -0.39 is 15.8 Å². The fourth-order valence-corrected chi connectivity index (χ4v) is 2.54. The average Bonchev–Trinajstić information content (AvgIpc) is 2.32. The molecule has 19 heavy (non-hydrogen) atoms. The van der Waals surface area contributed by atoms with Crippen molar-refractivity contribution in [3.63, 3.8) is 0 Å². The number of sulfonamides is 1. The zero-order valence-corrected chi connectivity index (χ0v) is 11.3. The van der Waals surface area contributed by atoms with Crippen molar-refractivity contribution in [3.8, 4) is 0 Å². The lowest BCUT2D eigenvalue weighted by molar-refractivity contribution is 0.599. The SMILES string of the molecule is Cc1ccnc(NS(=O)(=O)c2ccc(F)c(Cl)c2)n1. The van der Waals surface area contributed by atoms with Gasteiger partial charge in [-0.15, -0.1) is 0 Å². The molecule has 0 saturated heterocycles. The second kappa shape index (κ2) is 5.10. The Morgan fingerprint density at radius 2 is 2.05 bits per heavy atom. The van der Waals surface area contributed by atoms with Crippen LogP contribution in [0.4, 0.5) is 10.3 Å². The first-order chi connectivity index (χ1) is 8.88. The van der Waals surface area contributed by atoms with E-state index in [1.807, 2.05) is 0 Å². The van der Waals surface area contributed by atoms with Crippen LogP contribution in [0, 0.1) is 12.7 Å². The van der Waals surface area contributed by atoms with Crippen LogP contribution in [0.15, 0.2) is 35.4 Å². The van der Waals surface area contributed by atoms with Gasteiger partial charge in [0.05, 0.1) is 9.92 Å². The minimum absolute atomic E-state index is 0.0551. The highest BCUT2D eigenvalue weighted by molar-refractivity contribution is 7.92. The van der Waals surface area contributed by atoms with Gasteiger partial charge in [-0.2, -0.15) is 0 Å². The largest absolute Gasteiger partial charge is 0.264 e. The molecule has 0 aliphatic heterocycles. The van der Waals surface area contributed by atoms with Gasteiger partial charge < -0.3 is 0 Å². The summed E-state index contributed by atoms with van der Waals surface area (Å²) < 4.78 is 39.2. The summed E-state index contributed by atoms with van der Waals surface area (Å²) in [5.41, 5.74) is 0.616. The molecule has 0 fully saturated rings. The molecular weight excluding hydrogens is 293 g/mol. The lowest BCUT2D eigenvalue weighted by atomic mass is 10.3. The summed E-state index contributed by atoms with van der Waals surface area (Å²) in [6.45, 7) is 1.70. The van der Waals surface area contributed by atoms with Gasteiger partial charge >= 0.3 is 0 Å². The molecule has 0 atom stereocenters. The first kappa shape index (κ1) is 13.7. The monoisotopic (exact) mass is 301 g/mol. The molecule has 0 aliphatic carbocycles. The zero-order chi connectivity index (χ0) is 14.0. The molecule has 0 aliphatic rings. The number of rotatable bonds is 3. The number of hydrogen-bond donors (Lipinski definition) is 1. The van der Waals surface area contributed by atoms with Crippen LogP contribution in [0.5, 0.6) is 0 Å². The molecular formula is C11H9ClFN3O2S. The summed E-state index contributed by atoms with van der Waals surface area (Å²) >= 11 is 5.55. The minimum Gasteiger partial charge on any atom is -0.247 e. The van der Waals surface area contributed by atoms with Crippen LogP contribution in [-0.2, 0) is 10.0 Å². The Balaban J connectivity index is 2.35. The van der Waals surface area contributed by atoms with Crippen molar-refractivity contribution in [2.75, 3.05) is 4.72 Å². The quantitative estimate of drug-likeness (QED) is 0.945. The summed E-state index contributed by atoms with van der Waals surface area (Å²) in [4.78, 5) is 7.53. The first-order valence-electron chi connectivity index (χ1n) is 5.16. The fourth-order valence-electron chi connectivity index (χ4n) is 1.32. The molecule has 0 radical (unpaired) electrons. The Morgan fingerprint density at radius 1 is 1.32 bits per heavy atom. The first-order valence-corrected chi connectivity index (χ1v) is 7.02. The van der Waals surface area contributed by atoms with Crippen molar-refractivity contribution in [2.24, 2.45) is 0 Å². The molecule has 100 valence electrons. The van der Waals surface area contributed by atoms with E-state index in [2.05, 4.69) is 14.7 Å². The van der Waals surface area contributed by atoms with Gasteiger partial charge in [-0.05, 0) is 31.2 Å². The second-order valence-corrected chi connectivity index (χ2v) is 5.79. The normalized spacial score (nSPS) is 11.3. The van der Waals surface area contributed by atoms with Crippen LogP contribution in [0.2, 0.25) is 5.02 Å². The number of hydrogen-bond acceptors (Lipinski definition) is 4. The summed E-state index contributed by atoms with van der Waals surface area (Å²) in [6.07, 6.45) is 1.43. The Morgan fingerprint density at radius 3 is 2.68 bits per heavy atom. The van der Waals surface area contributed by atoms with Crippen LogP contribution < -0.4 is 4.72 Å². The Bertz CT molecular complexity index is 722. The van der Waals surface area contributed by atoms with Gasteiger partial charge in [-0.3, -0.25) is 0 Å². The van der Waals surface area contributed by atoms with Crippen LogP contribution in [-0.4, -0.2) is 18.4 Å². The standard InChI is InChI=1S/C11H9ClFN3O2S/c1-7-4-5-14-11(15-7)16-19(17,18)8-2-3-10(13)9(12)6-8/h2-6H,1H3,(H,14,15,16). The lowest BCUT2D eigenvalue weighted by Gasteiger charge is -2.07. The Kier molecular flexibility index (Phi) is 3.68. The van der Waals surface area contributed by atoms with Gasteiger partial charge in [0.25, 0.3) is 10.0 Å². The number of nitrogens with zero attached hydrogens (tertiary/aromatic N) is 2. The van der Waals surface area contributed by atoms with Gasteiger partial charge in [0.15, 0.2) is 0 Å². The molecule has 0 bridgehead atoms. The van der Waals surface area contributed by atoms with E-state index in [4.69, 9.17) is 11.6 Å². The van der Waals surface area contributed by atoms with Crippen molar-refractivity contribution in [1.82, 2.24) is 9.97 Å². The summed E-state index contributed by atoms with van der Waals surface area (Å²) in [5, 5.41) is -0.270. The summed E-state index contributed by atoms with van der Waals surface area (Å²) in [7, 11) is -3.90. The molecule has 0 saturated carbocycles. The lowest BCUT2D eigenvalue weighted by Crippen LogP contribution is -2.15. The molecule has 0 unspecified atom stereocenters. The molecule has 1 N–H and O–H groups in total. The van der Waals surface area contributed by atoms with Crippen molar-refractivity contribution >= 4 is 27.6 Å². The van der Waals surface area contributed by atoms with Crippen molar-refractivity contribution in [2.45, 2.75) is 11.8 Å². The smallest absolute Gasteiger partial charge is 0.247 e. The number of benzene rings is 1. The molecule has 1 aromatic carbocycles. The van der Waals surface area contributed by atoms with Gasteiger partial charge in [0, 0.05) is 11.9 Å². The van der Waals surface area contributed by atoms with Gasteiger partial charge in [-0.1, -0.05) is 11.6 Å². The second-order valence-electron chi connectivity index (χ2n) is 3.70. The summed E-state index contributed by atoms with van der Waals surface area (Å²) in [5.74, 6) is -0.743. The minimum atomic E-state index is -3.90. The maximum atomic E-state index is 13.0. The number of aryl methyl sites for hydroxylation is 1. The van der Waals surface area contributed by atoms with Crippen LogP contribution in [0.1, 0.15) is 5.69 Å². The number of halogens is 2. The molecule has 1 aromatic heterocycles. The highest BCUT2D eigenvalue weighted by Gasteiger charge is 2.17. The van der Waals surface area contributed by atoms with Crippen molar-refractivity contribution in [1.29, 1.82) is 0 Å². The fraction of sp³-hybridized carbons (Fsp3) is 0.0909. The van der Waals surface area contributed by atoms with Crippen LogP contribution in [0.25, 0.3) is 0 Å². The van der Waals surface area contributed by atoms with E-state index >= 15 is 0 Å². The van der Waals surface area contributed by atoms with E-state index in [-0.39, 0.29) is 15.9 Å². The molecule has 2 rings (SSSR count). The van der Waals surface area contributed by atoms with Crippen molar-refractivity contribution in [3.05, 3.63) is 47.0 Å². The third-order valence-corrected chi connectivity index (χ3v) is 3.84. The van der Waals surface area contributed by atoms with E-state index in [9.17, 15) is 12.8 Å². The zero-order valence-electron chi connectivity index (χ0n) is 9.76. The molecule has 0 spiro atoms. The van der Waals surface area contributed by atoms with Crippen LogP contribution >= 0.6 is 11.6 Å². The van der Waals surface area contributed by atoms with Gasteiger partial charge in [0.2, 0.25) is 5.95 Å². The van der Waals surface area contributed by atoms with E-state index in [1.54, 1.807) is 13.0 Å². The summed E-state index contributed by atoms with van der Waals surface area (Å²) in [6, 6.07) is 4.74.